The van der Waals surface area contributed by atoms with Crippen LogP contribution in [0.3, 0.4) is 0 Å². The molecule has 112 valence electrons. The fourth-order valence-electron chi connectivity index (χ4n) is 2.27. The van der Waals surface area contributed by atoms with E-state index < -0.39 is 5.41 Å². The maximum atomic E-state index is 12.4. The van der Waals surface area contributed by atoms with Crippen LogP contribution < -0.4 is 11.1 Å². The minimum Gasteiger partial charge on any atom is -0.329 e. The number of nitrogens with one attached hydrogen (secondary N) is 1. The highest BCUT2D eigenvalue weighted by atomic mass is 16.2. The van der Waals surface area contributed by atoms with Gasteiger partial charge in [0.05, 0.1) is 5.41 Å². The van der Waals surface area contributed by atoms with E-state index in [1.807, 2.05) is 26.0 Å². The minimum absolute atomic E-state index is 0.0218. The normalized spacial score (nSPS) is 12.3. The summed E-state index contributed by atoms with van der Waals surface area (Å²) in [6.07, 6.45) is 1.51. The molecule has 0 bridgehead atoms. The molecule has 3 N–H and O–H groups in total. The molecule has 1 rings (SSSR count). The number of hydrogen-bond acceptors (Lipinski definition) is 2. The Labute approximate surface area is 122 Å². The molecule has 0 aromatic heterocycles. The molecule has 0 unspecified atom stereocenters. The van der Waals surface area contributed by atoms with Crippen molar-refractivity contribution in [3.05, 3.63) is 29.8 Å². The van der Waals surface area contributed by atoms with Crippen molar-refractivity contribution in [1.82, 2.24) is 0 Å². The summed E-state index contributed by atoms with van der Waals surface area (Å²) in [5.41, 5.74) is 7.56. The van der Waals surface area contributed by atoms with Crippen molar-refractivity contribution in [1.29, 1.82) is 0 Å². The van der Waals surface area contributed by atoms with Crippen LogP contribution in [-0.4, -0.2) is 12.5 Å². The van der Waals surface area contributed by atoms with Gasteiger partial charge in [0.2, 0.25) is 5.91 Å². The fourth-order valence-corrected chi connectivity index (χ4v) is 2.27. The van der Waals surface area contributed by atoms with Crippen LogP contribution in [0.5, 0.6) is 0 Å². The molecule has 1 aromatic carbocycles. The van der Waals surface area contributed by atoms with E-state index in [0.29, 0.717) is 6.54 Å². The molecule has 0 heterocycles. The van der Waals surface area contributed by atoms with Crippen molar-refractivity contribution in [2.75, 3.05) is 11.9 Å². The lowest BCUT2D eigenvalue weighted by atomic mass is 9.81. The minimum atomic E-state index is -0.456. The molecule has 20 heavy (non-hydrogen) atoms. The number of benzene rings is 1. The largest absolute Gasteiger partial charge is 0.329 e. The van der Waals surface area contributed by atoms with Crippen molar-refractivity contribution in [3.8, 4) is 0 Å². The average Bonchev–Trinajstić information content (AvgIpc) is 2.41. The van der Waals surface area contributed by atoms with E-state index in [0.717, 1.165) is 18.5 Å². The van der Waals surface area contributed by atoms with E-state index in [1.54, 1.807) is 0 Å². The first-order valence-corrected chi connectivity index (χ1v) is 7.41. The lowest BCUT2D eigenvalue weighted by molar-refractivity contribution is -0.125. The molecule has 0 atom stereocenters. The van der Waals surface area contributed by atoms with Crippen molar-refractivity contribution in [2.24, 2.45) is 11.1 Å². The van der Waals surface area contributed by atoms with Gasteiger partial charge in [0.1, 0.15) is 0 Å². The standard InChI is InChI=1S/C17H28N2O/c1-6-17(7-2,12-18)15(20)19-14-10-8-13(9-11-14)16(3,4)5/h8-11H,6-7,12,18H2,1-5H3,(H,19,20). The summed E-state index contributed by atoms with van der Waals surface area (Å²) in [5, 5.41) is 3.00. The van der Waals surface area contributed by atoms with Crippen molar-refractivity contribution >= 4 is 11.6 Å². The maximum absolute atomic E-state index is 12.4. The number of rotatable bonds is 5. The van der Waals surface area contributed by atoms with Gasteiger partial charge in [0.25, 0.3) is 0 Å². The second kappa shape index (κ2) is 6.40. The summed E-state index contributed by atoms with van der Waals surface area (Å²) in [5.74, 6) is 0.0218. The van der Waals surface area contributed by atoms with E-state index in [4.69, 9.17) is 5.73 Å². The van der Waals surface area contributed by atoms with Crippen molar-refractivity contribution in [2.45, 2.75) is 52.9 Å². The molecule has 0 aliphatic rings. The molecule has 3 nitrogen and oxygen atoms in total. The van der Waals surface area contributed by atoms with Gasteiger partial charge in [-0.3, -0.25) is 4.79 Å². The Kier molecular flexibility index (Phi) is 5.35. The van der Waals surface area contributed by atoms with Gasteiger partial charge < -0.3 is 11.1 Å². The quantitative estimate of drug-likeness (QED) is 0.861. The third kappa shape index (κ3) is 3.60. The van der Waals surface area contributed by atoms with Gasteiger partial charge in [0.15, 0.2) is 0 Å². The van der Waals surface area contributed by atoms with Crippen LogP contribution in [0.1, 0.15) is 53.0 Å². The lowest BCUT2D eigenvalue weighted by Gasteiger charge is -2.28. The van der Waals surface area contributed by atoms with Crippen molar-refractivity contribution < 1.29 is 4.79 Å². The molecule has 0 radical (unpaired) electrons. The molecule has 0 aliphatic heterocycles. The van der Waals surface area contributed by atoms with Crippen LogP contribution >= 0.6 is 0 Å². The Morgan fingerprint density at radius 3 is 1.95 bits per heavy atom. The maximum Gasteiger partial charge on any atom is 0.231 e. The predicted molar refractivity (Wildman–Crippen MR) is 85.8 cm³/mol. The molecule has 1 aromatic rings. The second-order valence-electron chi connectivity index (χ2n) is 6.47. The van der Waals surface area contributed by atoms with E-state index in [1.165, 1.54) is 5.56 Å². The number of carbonyl (C=O) groups is 1. The molecular weight excluding hydrogens is 248 g/mol. The number of amides is 1. The monoisotopic (exact) mass is 276 g/mol. The van der Waals surface area contributed by atoms with Crippen LogP contribution in [0.2, 0.25) is 0 Å². The first kappa shape index (κ1) is 16.7. The Morgan fingerprint density at radius 1 is 1.10 bits per heavy atom. The average molecular weight is 276 g/mol. The summed E-state index contributed by atoms with van der Waals surface area (Å²) in [4.78, 5) is 12.4. The van der Waals surface area contributed by atoms with Gasteiger partial charge >= 0.3 is 0 Å². The molecule has 0 aliphatic carbocycles. The highest BCUT2D eigenvalue weighted by molar-refractivity contribution is 5.95. The van der Waals surface area contributed by atoms with E-state index >= 15 is 0 Å². The van der Waals surface area contributed by atoms with Crippen LogP contribution in [0.25, 0.3) is 0 Å². The zero-order valence-corrected chi connectivity index (χ0v) is 13.4. The third-order valence-electron chi connectivity index (χ3n) is 4.23. The molecular formula is C17H28N2O. The van der Waals surface area contributed by atoms with Gasteiger partial charge in [-0.15, -0.1) is 0 Å². The molecule has 0 saturated carbocycles. The summed E-state index contributed by atoms with van der Waals surface area (Å²) in [6.45, 7) is 10.9. The highest BCUT2D eigenvalue weighted by Crippen LogP contribution is 2.28. The van der Waals surface area contributed by atoms with E-state index in [9.17, 15) is 4.79 Å². The highest BCUT2D eigenvalue weighted by Gasteiger charge is 2.33. The molecule has 1 amide bonds. The Balaban J connectivity index is 2.86. The summed E-state index contributed by atoms with van der Waals surface area (Å²) in [7, 11) is 0. The zero-order valence-electron chi connectivity index (χ0n) is 13.4. The predicted octanol–water partition coefficient (Wildman–Crippen LogP) is 3.69. The first-order valence-electron chi connectivity index (χ1n) is 7.41. The Hall–Kier alpha value is -1.35. The molecule has 3 heteroatoms. The van der Waals surface area contributed by atoms with E-state index in [-0.39, 0.29) is 11.3 Å². The van der Waals surface area contributed by atoms with Gasteiger partial charge in [0, 0.05) is 12.2 Å². The molecule has 0 saturated heterocycles. The molecule has 0 fully saturated rings. The van der Waals surface area contributed by atoms with E-state index in [2.05, 4.69) is 38.2 Å². The van der Waals surface area contributed by atoms with Gasteiger partial charge in [-0.25, -0.2) is 0 Å². The number of hydrogen-bond donors (Lipinski definition) is 2. The SMILES string of the molecule is CCC(CC)(CN)C(=O)Nc1ccc(C(C)(C)C)cc1. The zero-order chi connectivity index (χ0) is 15.4. The lowest BCUT2D eigenvalue weighted by Crippen LogP contribution is -2.41. The van der Waals surface area contributed by atoms with Crippen LogP contribution in [0.15, 0.2) is 24.3 Å². The fraction of sp³-hybridized carbons (Fsp3) is 0.588. The van der Waals surface area contributed by atoms with Gasteiger partial charge in [-0.05, 0) is 36.0 Å². The first-order chi connectivity index (χ1) is 9.29. The number of nitrogens with two attached hydrogens (primary N) is 1. The molecule has 0 spiro atoms. The third-order valence-corrected chi connectivity index (χ3v) is 4.23. The summed E-state index contributed by atoms with van der Waals surface area (Å²) in [6, 6.07) is 8.06. The van der Waals surface area contributed by atoms with Crippen LogP contribution in [0.4, 0.5) is 5.69 Å². The second-order valence-corrected chi connectivity index (χ2v) is 6.47. The van der Waals surface area contributed by atoms with Crippen molar-refractivity contribution in [3.63, 3.8) is 0 Å². The van der Waals surface area contributed by atoms with Gasteiger partial charge in [-0.2, -0.15) is 0 Å². The van der Waals surface area contributed by atoms with Crippen LogP contribution in [0, 0.1) is 5.41 Å². The summed E-state index contributed by atoms with van der Waals surface area (Å²) >= 11 is 0. The number of carbonyl (C=O) groups excluding carboxylic acids is 1. The summed E-state index contributed by atoms with van der Waals surface area (Å²) < 4.78 is 0. The Morgan fingerprint density at radius 2 is 1.60 bits per heavy atom. The number of anilines is 1. The van der Waals surface area contributed by atoms with Crippen LogP contribution in [-0.2, 0) is 10.2 Å². The van der Waals surface area contributed by atoms with Gasteiger partial charge in [-0.1, -0.05) is 46.8 Å². The topological polar surface area (TPSA) is 55.1 Å². The smallest absolute Gasteiger partial charge is 0.231 e. The Bertz CT molecular complexity index is 431.